The molecule has 0 aliphatic rings. The van der Waals surface area contributed by atoms with Gasteiger partial charge < -0.3 is 19.3 Å². The van der Waals surface area contributed by atoms with Crippen LogP contribution < -0.4 is 0 Å². The van der Waals surface area contributed by atoms with Crippen molar-refractivity contribution >= 4 is 42.5 Å². The van der Waals surface area contributed by atoms with E-state index in [4.69, 9.17) is 0 Å². The van der Waals surface area contributed by atoms with Gasteiger partial charge in [0, 0.05) is 6.20 Å². The molecule has 28 heavy (non-hydrogen) atoms. The minimum absolute atomic E-state index is 0.0354. The van der Waals surface area contributed by atoms with Crippen molar-refractivity contribution in [2.45, 2.75) is 9.79 Å². The Labute approximate surface area is 158 Å². The second-order valence-electron chi connectivity index (χ2n) is 5.41. The molecule has 13 heteroatoms. The van der Waals surface area contributed by atoms with Gasteiger partial charge in [0.15, 0.2) is 11.6 Å². The molecule has 0 amide bonds. The fraction of sp³-hybridized carbons (Fsp3) is 0. The first-order chi connectivity index (χ1) is 13.0. The number of rotatable bonds is 4. The van der Waals surface area contributed by atoms with E-state index in [0.717, 1.165) is 0 Å². The van der Waals surface area contributed by atoms with Crippen LogP contribution in [0, 0.1) is 0 Å². The fourth-order valence-electron chi connectivity index (χ4n) is 2.38. The molecule has 0 aliphatic carbocycles. The van der Waals surface area contributed by atoms with Crippen molar-refractivity contribution in [3.8, 4) is 11.5 Å². The minimum Gasteiger partial charge on any atom is -0.744 e. The van der Waals surface area contributed by atoms with Crippen molar-refractivity contribution in [3.63, 3.8) is 0 Å². The molecule has 2 N–H and O–H groups in total. The van der Waals surface area contributed by atoms with Gasteiger partial charge in [0.25, 0.3) is 0 Å². The lowest BCUT2D eigenvalue weighted by Crippen LogP contribution is -2.01. The first-order valence-electron chi connectivity index (χ1n) is 7.26. The third-order valence-electron chi connectivity index (χ3n) is 3.56. The summed E-state index contributed by atoms with van der Waals surface area (Å²) in [6.45, 7) is 0. The van der Waals surface area contributed by atoms with Gasteiger partial charge in [-0.1, -0.05) is 6.07 Å². The van der Waals surface area contributed by atoms with Crippen LogP contribution in [0.15, 0.2) is 62.6 Å². The molecule has 0 unspecified atom stereocenters. The zero-order chi connectivity index (χ0) is 20.7. The lowest BCUT2D eigenvalue weighted by Gasteiger charge is -2.15. The van der Waals surface area contributed by atoms with Gasteiger partial charge in [-0.15, -0.1) is 10.2 Å². The van der Waals surface area contributed by atoms with Crippen LogP contribution in [-0.2, 0) is 20.2 Å². The second kappa shape index (κ2) is 6.79. The van der Waals surface area contributed by atoms with Crippen LogP contribution in [0.2, 0.25) is 0 Å². The van der Waals surface area contributed by atoms with E-state index in [2.05, 4.69) is 15.2 Å². The molecular weight excluding hydrogens is 414 g/mol. The molecule has 0 saturated carbocycles. The first-order valence-corrected chi connectivity index (χ1v) is 10.1. The summed E-state index contributed by atoms with van der Waals surface area (Å²) in [5, 5.41) is 26.8. The number of nitrogens with zero attached hydrogens (tertiary/aromatic N) is 3. The molecule has 0 bridgehead atoms. The summed E-state index contributed by atoms with van der Waals surface area (Å²) in [6.07, 6.45) is 1.37. The number of aromatic nitrogens is 1. The molecule has 0 spiro atoms. The van der Waals surface area contributed by atoms with Crippen LogP contribution in [0.3, 0.4) is 0 Å². The Morgan fingerprint density at radius 2 is 1.64 bits per heavy atom. The Bertz CT molecular complexity index is 1320. The van der Waals surface area contributed by atoms with E-state index in [1.54, 1.807) is 12.1 Å². The number of hydrogen-bond donors (Lipinski definition) is 2. The number of benzene rings is 2. The van der Waals surface area contributed by atoms with Gasteiger partial charge in [-0.25, -0.2) is 21.8 Å². The van der Waals surface area contributed by atoms with E-state index in [0.29, 0.717) is 18.2 Å². The highest BCUT2D eigenvalue weighted by molar-refractivity contribution is 7.86. The normalized spacial score (nSPS) is 12.6. The quantitative estimate of drug-likeness (QED) is 0.465. The van der Waals surface area contributed by atoms with Gasteiger partial charge in [0.1, 0.15) is 31.7 Å². The molecule has 1 heterocycles. The summed E-state index contributed by atoms with van der Waals surface area (Å²) in [4.78, 5) is 1.90. The number of pyridine rings is 1. The Kier molecular flexibility index (Phi) is 4.76. The molecule has 3 rings (SSSR count). The maximum absolute atomic E-state index is 11.6. The van der Waals surface area contributed by atoms with Crippen molar-refractivity contribution in [1.82, 2.24) is 4.98 Å². The van der Waals surface area contributed by atoms with Crippen molar-refractivity contribution in [2.75, 3.05) is 0 Å². The predicted octanol–water partition coefficient (Wildman–Crippen LogP) is 1.87. The first kappa shape index (κ1) is 19.6. The Balaban J connectivity index is 2.36. The van der Waals surface area contributed by atoms with E-state index >= 15 is 0 Å². The number of azo groups is 1. The maximum atomic E-state index is 11.6. The van der Waals surface area contributed by atoms with Crippen molar-refractivity contribution < 1.29 is 36.2 Å². The average Bonchev–Trinajstić information content (AvgIpc) is 2.59. The standard InChI is InChI=1S/C15H11N3O8S2/c19-10-7-9(27(21,22)23)5-8-6-11(28(24,25)26)14(15(20)13(8)10)18-17-12-3-1-2-4-16-12/h1-7,19-20H,(H,21,22,23)(H,24,25,26)/p-2. The largest absolute Gasteiger partial charge is 0.744 e. The summed E-state index contributed by atoms with van der Waals surface area (Å²) in [7, 11) is -10.2. The van der Waals surface area contributed by atoms with Crippen molar-refractivity contribution in [2.24, 2.45) is 10.2 Å². The molecule has 0 radical (unpaired) electrons. The highest BCUT2D eigenvalue weighted by Crippen LogP contribution is 2.45. The maximum Gasteiger partial charge on any atom is 0.174 e. The summed E-state index contributed by atoms with van der Waals surface area (Å²) in [5.74, 6) is -1.75. The smallest absolute Gasteiger partial charge is 0.174 e. The zero-order valence-corrected chi connectivity index (χ0v) is 15.2. The van der Waals surface area contributed by atoms with Crippen LogP contribution in [-0.4, -0.2) is 41.1 Å². The van der Waals surface area contributed by atoms with Gasteiger partial charge >= 0.3 is 0 Å². The molecule has 0 aliphatic heterocycles. The SMILES string of the molecule is O=S(=O)([O-])c1cc(O)c2c(O)c(N=Nc3ccccn3)c(S(=O)(=O)[O-])cc2c1. The topological polar surface area (TPSA) is 192 Å². The highest BCUT2D eigenvalue weighted by atomic mass is 32.2. The van der Waals surface area contributed by atoms with E-state index in [-0.39, 0.29) is 11.2 Å². The molecule has 0 fully saturated rings. The Hall–Kier alpha value is -3.13. The summed E-state index contributed by atoms with van der Waals surface area (Å²) < 4.78 is 68.3. The summed E-state index contributed by atoms with van der Waals surface area (Å²) in [6, 6.07) is 6.53. The van der Waals surface area contributed by atoms with E-state index < -0.39 is 52.6 Å². The highest BCUT2D eigenvalue weighted by Gasteiger charge is 2.21. The lowest BCUT2D eigenvalue weighted by molar-refractivity contribution is 0.451. The molecule has 0 saturated heterocycles. The van der Waals surface area contributed by atoms with Gasteiger partial charge in [-0.2, -0.15) is 0 Å². The second-order valence-corrected chi connectivity index (χ2v) is 8.14. The van der Waals surface area contributed by atoms with Gasteiger partial charge in [-0.3, -0.25) is 0 Å². The average molecular weight is 423 g/mol. The lowest BCUT2D eigenvalue weighted by atomic mass is 10.1. The summed E-state index contributed by atoms with van der Waals surface area (Å²) >= 11 is 0. The number of fused-ring (bicyclic) bond motifs is 1. The number of phenolic OH excluding ortho intramolecular Hbond substituents is 2. The minimum atomic E-state index is -5.21. The molecule has 0 atom stereocenters. The zero-order valence-electron chi connectivity index (χ0n) is 13.5. The van der Waals surface area contributed by atoms with E-state index in [1.807, 2.05) is 0 Å². The molecular formula is C15H9N3O8S2-2. The molecule has 1 aromatic heterocycles. The van der Waals surface area contributed by atoms with Crippen molar-refractivity contribution in [3.05, 3.63) is 42.6 Å². The Morgan fingerprint density at radius 3 is 2.21 bits per heavy atom. The van der Waals surface area contributed by atoms with Crippen LogP contribution in [0.1, 0.15) is 0 Å². The van der Waals surface area contributed by atoms with Crippen molar-refractivity contribution in [1.29, 1.82) is 0 Å². The number of aromatic hydroxyl groups is 2. The van der Waals surface area contributed by atoms with Crippen LogP contribution in [0.25, 0.3) is 10.8 Å². The fourth-order valence-corrected chi connectivity index (χ4v) is 3.56. The van der Waals surface area contributed by atoms with Crippen LogP contribution >= 0.6 is 0 Å². The number of hydrogen-bond acceptors (Lipinski definition) is 11. The molecule has 11 nitrogen and oxygen atoms in total. The Morgan fingerprint density at radius 1 is 0.929 bits per heavy atom. The van der Waals surface area contributed by atoms with E-state index in [1.165, 1.54) is 12.3 Å². The third-order valence-corrected chi connectivity index (χ3v) is 5.23. The van der Waals surface area contributed by atoms with E-state index in [9.17, 15) is 36.2 Å². The predicted molar refractivity (Wildman–Crippen MR) is 91.6 cm³/mol. The van der Waals surface area contributed by atoms with Gasteiger partial charge in [-0.05, 0) is 35.7 Å². The van der Waals surface area contributed by atoms with Gasteiger partial charge in [0.05, 0.1) is 15.2 Å². The summed E-state index contributed by atoms with van der Waals surface area (Å²) in [5.41, 5.74) is -0.777. The third kappa shape index (κ3) is 3.77. The molecule has 3 aromatic rings. The van der Waals surface area contributed by atoms with Gasteiger partial charge in [0.2, 0.25) is 0 Å². The monoisotopic (exact) mass is 423 g/mol. The molecule has 146 valence electrons. The van der Waals surface area contributed by atoms with Crippen LogP contribution in [0.5, 0.6) is 11.5 Å². The number of phenols is 2. The van der Waals surface area contributed by atoms with Crippen LogP contribution in [0.4, 0.5) is 11.5 Å². The molecule has 2 aromatic carbocycles.